The molecule has 126 valence electrons. The summed E-state index contributed by atoms with van der Waals surface area (Å²) < 4.78 is 42.5. The van der Waals surface area contributed by atoms with Crippen LogP contribution in [0.25, 0.3) is 0 Å². The first-order chi connectivity index (χ1) is 10.6. The lowest BCUT2D eigenvalue weighted by molar-refractivity contribution is -0.170. The van der Waals surface area contributed by atoms with Crippen LogP contribution in [0.15, 0.2) is 30.9 Å². The Labute approximate surface area is 131 Å². The van der Waals surface area contributed by atoms with E-state index in [9.17, 15) is 22.8 Å². The summed E-state index contributed by atoms with van der Waals surface area (Å²) in [6.07, 6.45) is -3.63. The highest BCUT2D eigenvalue weighted by atomic mass is 19.4. The zero-order valence-electron chi connectivity index (χ0n) is 13.0. The van der Waals surface area contributed by atoms with Gasteiger partial charge in [-0.15, -0.1) is 0 Å². The van der Waals surface area contributed by atoms with E-state index < -0.39 is 18.1 Å². The van der Waals surface area contributed by atoms with Gasteiger partial charge >= 0.3 is 18.1 Å². The number of halogens is 3. The molecule has 1 rings (SSSR count). The van der Waals surface area contributed by atoms with Crippen molar-refractivity contribution in [1.82, 2.24) is 0 Å². The van der Waals surface area contributed by atoms with Gasteiger partial charge in [0.05, 0.1) is 11.3 Å². The average molecular weight is 330 g/mol. The molecule has 1 aromatic rings. The van der Waals surface area contributed by atoms with E-state index in [2.05, 4.69) is 6.58 Å². The van der Waals surface area contributed by atoms with Gasteiger partial charge < -0.3 is 14.5 Å². The van der Waals surface area contributed by atoms with Gasteiger partial charge in [-0.05, 0) is 18.2 Å². The highest BCUT2D eigenvalue weighted by Gasteiger charge is 2.41. The van der Waals surface area contributed by atoms with Gasteiger partial charge in [-0.25, -0.2) is 4.79 Å². The summed E-state index contributed by atoms with van der Waals surface area (Å²) in [6.45, 7) is 3.38. The number of carbonyl (C=O) groups is 2. The van der Waals surface area contributed by atoms with Crippen LogP contribution >= 0.6 is 0 Å². The molecule has 0 spiro atoms. The fourth-order valence-electron chi connectivity index (χ4n) is 1.81. The van der Waals surface area contributed by atoms with E-state index in [4.69, 9.17) is 4.74 Å². The molecule has 0 unspecified atom stereocenters. The largest absolute Gasteiger partial charge is 0.471 e. The van der Waals surface area contributed by atoms with Gasteiger partial charge in [-0.3, -0.25) is 4.79 Å². The third kappa shape index (κ3) is 4.48. The first-order valence-electron chi connectivity index (χ1n) is 6.53. The van der Waals surface area contributed by atoms with Crippen LogP contribution in [0.1, 0.15) is 10.4 Å². The third-order valence-electron chi connectivity index (χ3n) is 2.95. The number of hydrogen-bond acceptors (Lipinski definition) is 4. The van der Waals surface area contributed by atoms with Gasteiger partial charge in [-0.2, -0.15) is 13.2 Å². The molecule has 0 aliphatic heterocycles. The normalized spacial score (nSPS) is 10.9. The molecule has 0 aromatic heterocycles. The molecular formula is C15H17F3N2O3. The Morgan fingerprint density at radius 2 is 1.87 bits per heavy atom. The number of carbonyl (C=O) groups excluding carboxylic acids is 2. The first kappa shape index (κ1) is 18.5. The summed E-state index contributed by atoms with van der Waals surface area (Å²) in [6, 6.07) is 3.95. The van der Waals surface area contributed by atoms with Crippen LogP contribution in [-0.2, 0) is 9.53 Å². The number of ether oxygens (including phenoxy) is 1. The second-order valence-corrected chi connectivity index (χ2v) is 4.84. The van der Waals surface area contributed by atoms with Crippen LogP contribution in [0, 0.1) is 0 Å². The number of anilines is 2. The summed E-state index contributed by atoms with van der Waals surface area (Å²) >= 11 is 0. The molecule has 0 aliphatic rings. The Kier molecular flexibility index (Phi) is 5.78. The minimum atomic E-state index is -5.00. The van der Waals surface area contributed by atoms with Crippen molar-refractivity contribution in [3.63, 3.8) is 0 Å². The van der Waals surface area contributed by atoms with E-state index in [1.807, 2.05) is 0 Å². The zero-order valence-corrected chi connectivity index (χ0v) is 13.0. The fraction of sp³-hybridized carbons (Fsp3) is 0.333. The Bertz CT molecular complexity index is 612. The summed E-state index contributed by atoms with van der Waals surface area (Å²) in [4.78, 5) is 25.4. The molecule has 0 saturated heterocycles. The number of nitrogens with zero attached hydrogens (tertiary/aromatic N) is 2. The Morgan fingerprint density at radius 1 is 1.26 bits per heavy atom. The zero-order chi connectivity index (χ0) is 17.8. The maximum atomic E-state index is 12.5. The minimum absolute atomic E-state index is 0.0345. The maximum Gasteiger partial charge on any atom is 0.471 e. The van der Waals surface area contributed by atoms with Gasteiger partial charge in [0.25, 0.3) is 0 Å². The van der Waals surface area contributed by atoms with E-state index in [-0.39, 0.29) is 17.9 Å². The van der Waals surface area contributed by atoms with Gasteiger partial charge in [0.2, 0.25) is 0 Å². The van der Waals surface area contributed by atoms with Crippen molar-refractivity contribution >= 4 is 23.3 Å². The Hall–Kier alpha value is -2.51. The molecule has 23 heavy (non-hydrogen) atoms. The Balaban J connectivity index is 3.25. The molecule has 1 amide bonds. The number of rotatable bonds is 5. The molecule has 0 saturated carbocycles. The number of esters is 1. The molecule has 1 aromatic carbocycles. The van der Waals surface area contributed by atoms with Crippen LogP contribution in [0.4, 0.5) is 24.5 Å². The van der Waals surface area contributed by atoms with Gasteiger partial charge in [0, 0.05) is 26.8 Å². The lowest BCUT2D eigenvalue weighted by Crippen LogP contribution is -2.38. The second kappa shape index (κ2) is 7.17. The predicted octanol–water partition coefficient (Wildman–Crippen LogP) is 2.62. The Morgan fingerprint density at radius 3 is 2.35 bits per heavy atom. The summed E-state index contributed by atoms with van der Waals surface area (Å²) in [5.74, 6) is -2.75. The lowest BCUT2D eigenvalue weighted by Gasteiger charge is -2.22. The van der Waals surface area contributed by atoms with E-state index in [0.717, 1.165) is 7.05 Å². The van der Waals surface area contributed by atoms with Crippen LogP contribution in [-0.4, -0.2) is 45.8 Å². The third-order valence-corrected chi connectivity index (χ3v) is 2.95. The smallest absolute Gasteiger partial charge is 0.458 e. The second-order valence-electron chi connectivity index (χ2n) is 4.84. The standard InChI is InChI=1S/C15H17F3N2O3/c1-5-8-23-13(21)11-9-10(6-7-12(11)19(2)3)20(4)14(22)15(16,17)18/h5-7,9H,1,8H2,2-4H3. The number of alkyl halides is 3. The monoisotopic (exact) mass is 330 g/mol. The van der Waals surface area contributed by atoms with E-state index in [1.165, 1.54) is 24.3 Å². The van der Waals surface area contributed by atoms with E-state index in [0.29, 0.717) is 10.6 Å². The maximum absolute atomic E-state index is 12.5. The molecule has 5 nitrogen and oxygen atoms in total. The molecular weight excluding hydrogens is 313 g/mol. The lowest BCUT2D eigenvalue weighted by atomic mass is 10.1. The van der Waals surface area contributed by atoms with Gasteiger partial charge in [0.15, 0.2) is 0 Å². The van der Waals surface area contributed by atoms with Crippen molar-refractivity contribution in [2.75, 3.05) is 37.5 Å². The van der Waals surface area contributed by atoms with Crippen molar-refractivity contribution in [3.8, 4) is 0 Å². The van der Waals surface area contributed by atoms with Crippen LogP contribution in [0.2, 0.25) is 0 Å². The van der Waals surface area contributed by atoms with Gasteiger partial charge in [-0.1, -0.05) is 12.7 Å². The predicted molar refractivity (Wildman–Crippen MR) is 80.7 cm³/mol. The van der Waals surface area contributed by atoms with E-state index in [1.54, 1.807) is 19.0 Å². The summed E-state index contributed by atoms with van der Waals surface area (Å²) in [5, 5.41) is 0. The van der Waals surface area contributed by atoms with Crippen LogP contribution in [0.5, 0.6) is 0 Å². The fourth-order valence-corrected chi connectivity index (χ4v) is 1.81. The number of benzene rings is 1. The molecule has 0 atom stereocenters. The van der Waals surface area contributed by atoms with Crippen molar-refractivity contribution < 1.29 is 27.5 Å². The summed E-state index contributed by atoms with van der Waals surface area (Å²) in [5.41, 5.74) is 0.440. The minimum Gasteiger partial charge on any atom is -0.458 e. The molecule has 8 heteroatoms. The topological polar surface area (TPSA) is 49.9 Å². The van der Waals surface area contributed by atoms with Crippen LogP contribution < -0.4 is 9.80 Å². The first-order valence-corrected chi connectivity index (χ1v) is 6.53. The average Bonchev–Trinajstić information content (AvgIpc) is 2.49. The number of hydrogen-bond donors (Lipinski definition) is 0. The van der Waals surface area contributed by atoms with E-state index >= 15 is 0 Å². The molecule has 0 aliphatic carbocycles. The van der Waals surface area contributed by atoms with Crippen molar-refractivity contribution in [2.45, 2.75) is 6.18 Å². The highest BCUT2D eigenvalue weighted by Crippen LogP contribution is 2.28. The van der Waals surface area contributed by atoms with Crippen molar-refractivity contribution in [2.24, 2.45) is 0 Å². The molecule has 0 fully saturated rings. The SMILES string of the molecule is C=CCOC(=O)c1cc(N(C)C(=O)C(F)(F)F)ccc1N(C)C. The van der Waals surface area contributed by atoms with Crippen LogP contribution in [0.3, 0.4) is 0 Å². The van der Waals surface area contributed by atoms with Gasteiger partial charge in [0.1, 0.15) is 6.61 Å². The quantitative estimate of drug-likeness (QED) is 0.615. The van der Waals surface area contributed by atoms with Crippen molar-refractivity contribution in [1.29, 1.82) is 0 Å². The number of amides is 1. The highest BCUT2D eigenvalue weighted by molar-refractivity contribution is 6.01. The summed E-state index contributed by atoms with van der Waals surface area (Å²) in [7, 11) is 4.33. The molecule has 0 N–H and O–H groups in total. The molecule has 0 radical (unpaired) electrons. The van der Waals surface area contributed by atoms with Crippen molar-refractivity contribution in [3.05, 3.63) is 36.4 Å². The molecule has 0 heterocycles. The molecule has 0 bridgehead atoms.